The molecule has 2 aromatic rings. The Kier molecular flexibility index (Phi) is 3.51. The second-order valence-corrected chi connectivity index (χ2v) is 4.39. The van der Waals surface area contributed by atoms with E-state index < -0.39 is 5.97 Å². The number of ether oxygens (including phenoxy) is 1. The molecule has 0 fully saturated rings. The minimum atomic E-state index is -0.996. The van der Waals surface area contributed by atoms with Gasteiger partial charge in [0.1, 0.15) is 5.75 Å². The molecule has 1 aromatic heterocycles. The van der Waals surface area contributed by atoms with Crippen molar-refractivity contribution in [2.45, 2.75) is 13.8 Å². The van der Waals surface area contributed by atoms with Crippen molar-refractivity contribution in [3.63, 3.8) is 0 Å². The number of hydrogen-bond donors (Lipinski definition) is 1. The van der Waals surface area contributed by atoms with E-state index in [4.69, 9.17) is 4.74 Å². The maximum atomic E-state index is 11.3. The lowest BCUT2D eigenvalue weighted by atomic mass is 9.96. The Bertz CT molecular complexity index is 635. The molecular formula is C15H15NO3. The molecule has 19 heavy (non-hydrogen) atoms. The van der Waals surface area contributed by atoms with Gasteiger partial charge in [-0.3, -0.25) is 4.98 Å². The van der Waals surface area contributed by atoms with Crippen molar-refractivity contribution in [3.8, 4) is 16.9 Å². The molecule has 0 saturated heterocycles. The van der Waals surface area contributed by atoms with Crippen molar-refractivity contribution in [2.75, 3.05) is 7.11 Å². The largest absolute Gasteiger partial charge is 0.496 e. The number of carboxylic acid groups (broad SMARTS) is 1. The van der Waals surface area contributed by atoms with E-state index in [0.29, 0.717) is 11.3 Å². The molecule has 0 spiro atoms. The third-order valence-corrected chi connectivity index (χ3v) is 2.96. The van der Waals surface area contributed by atoms with Crippen molar-refractivity contribution < 1.29 is 14.6 Å². The molecule has 98 valence electrons. The van der Waals surface area contributed by atoms with Crippen LogP contribution in [0.1, 0.15) is 21.5 Å². The SMILES string of the molecule is COc1c(C)cc(C)cc1-c1ccncc1C(=O)O. The van der Waals surface area contributed by atoms with Crippen LogP contribution in [0.25, 0.3) is 11.1 Å². The normalized spacial score (nSPS) is 10.3. The lowest BCUT2D eigenvalue weighted by Crippen LogP contribution is -2.02. The Hall–Kier alpha value is -2.36. The van der Waals surface area contributed by atoms with Crippen LogP contribution in [0.15, 0.2) is 30.6 Å². The fourth-order valence-electron chi connectivity index (χ4n) is 2.23. The van der Waals surface area contributed by atoms with E-state index in [1.54, 1.807) is 19.4 Å². The molecule has 0 unspecified atom stereocenters. The van der Waals surface area contributed by atoms with E-state index in [2.05, 4.69) is 4.98 Å². The minimum Gasteiger partial charge on any atom is -0.496 e. The summed E-state index contributed by atoms with van der Waals surface area (Å²) in [5.41, 5.74) is 3.60. The number of aryl methyl sites for hydroxylation is 2. The summed E-state index contributed by atoms with van der Waals surface area (Å²) in [4.78, 5) is 15.2. The second-order valence-electron chi connectivity index (χ2n) is 4.39. The van der Waals surface area contributed by atoms with Crippen LogP contribution >= 0.6 is 0 Å². The maximum Gasteiger partial charge on any atom is 0.337 e. The summed E-state index contributed by atoms with van der Waals surface area (Å²) in [7, 11) is 1.59. The Morgan fingerprint density at radius 2 is 2.00 bits per heavy atom. The number of nitrogens with zero attached hydrogens (tertiary/aromatic N) is 1. The molecule has 0 aliphatic carbocycles. The zero-order valence-corrected chi connectivity index (χ0v) is 11.1. The van der Waals surface area contributed by atoms with Crippen molar-refractivity contribution in [1.29, 1.82) is 0 Å². The van der Waals surface area contributed by atoms with Crippen LogP contribution < -0.4 is 4.74 Å². The minimum absolute atomic E-state index is 0.172. The fourth-order valence-corrected chi connectivity index (χ4v) is 2.23. The van der Waals surface area contributed by atoms with Gasteiger partial charge in [-0.05, 0) is 37.1 Å². The highest BCUT2D eigenvalue weighted by molar-refractivity contribution is 5.96. The number of pyridine rings is 1. The first kappa shape index (κ1) is 13.1. The van der Waals surface area contributed by atoms with Gasteiger partial charge in [-0.25, -0.2) is 4.79 Å². The average Bonchev–Trinajstić information content (AvgIpc) is 2.37. The smallest absolute Gasteiger partial charge is 0.337 e. The molecule has 1 aromatic carbocycles. The van der Waals surface area contributed by atoms with Crippen LogP contribution in [-0.4, -0.2) is 23.2 Å². The number of carboxylic acids is 1. The Labute approximate surface area is 111 Å². The van der Waals surface area contributed by atoms with Gasteiger partial charge in [-0.15, -0.1) is 0 Å². The van der Waals surface area contributed by atoms with Crippen LogP contribution in [0.5, 0.6) is 5.75 Å². The molecule has 0 aliphatic rings. The quantitative estimate of drug-likeness (QED) is 0.918. The zero-order valence-electron chi connectivity index (χ0n) is 11.1. The summed E-state index contributed by atoms with van der Waals surface area (Å²) < 4.78 is 5.41. The van der Waals surface area contributed by atoms with Crippen molar-refractivity contribution in [1.82, 2.24) is 4.98 Å². The van der Waals surface area contributed by atoms with E-state index in [0.717, 1.165) is 16.7 Å². The third kappa shape index (κ3) is 2.42. The monoisotopic (exact) mass is 257 g/mol. The van der Waals surface area contributed by atoms with Crippen molar-refractivity contribution in [2.24, 2.45) is 0 Å². The second kappa shape index (κ2) is 5.10. The first-order chi connectivity index (χ1) is 9.04. The summed E-state index contributed by atoms with van der Waals surface area (Å²) in [5.74, 6) is -0.302. The van der Waals surface area contributed by atoms with Crippen LogP contribution in [0, 0.1) is 13.8 Å². The molecular weight excluding hydrogens is 242 g/mol. The topological polar surface area (TPSA) is 59.4 Å². The summed E-state index contributed by atoms with van der Waals surface area (Å²) in [6.07, 6.45) is 2.94. The number of carbonyl (C=O) groups is 1. The molecule has 2 rings (SSSR count). The van der Waals surface area contributed by atoms with Gasteiger partial charge in [-0.1, -0.05) is 6.07 Å². The van der Waals surface area contributed by atoms with Gasteiger partial charge in [0.25, 0.3) is 0 Å². The first-order valence-electron chi connectivity index (χ1n) is 5.87. The van der Waals surface area contributed by atoms with E-state index in [-0.39, 0.29) is 5.56 Å². The average molecular weight is 257 g/mol. The summed E-state index contributed by atoms with van der Waals surface area (Å²) in [6, 6.07) is 5.62. The molecule has 0 radical (unpaired) electrons. The van der Waals surface area contributed by atoms with Gasteiger partial charge in [0, 0.05) is 23.5 Å². The van der Waals surface area contributed by atoms with E-state index >= 15 is 0 Å². The molecule has 1 heterocycles. The molecule has 0 bridgehead atoms. The predicted molar refractivity (Wildman–Crippen MR) is 72.7 cm³/mol. The molecule has 0 atom stereocenters. The number of aromatic nitrogens is 1. The van der Waals surface area contributed by atoms with Gasteiger partial charge >= 0.3 is 5.97 Å². The summed E-state index contributed by atoms with van der Waals surface area (Å²) in [6.45, 7) is 3.91. The number of rotatable bonds is 3. The number of benzene rings is 1. The molecule has 4 nitrogen and oxygen atoms in total. The molecule has 0 saturated carbocycles. The van der Waals surface area contributed by atoms with E-state index in [1.165, 1.54) is 6.20 Å². The lowest BCUT2D eigenvalue weighted by Gasteiger charge is -2.14. The highest BCUT2D eigenvalue weighted by Gasteiger charge is 2.16. The lowest BCUT2D eigenvalue weighted by molar-refractivity contribution is 0.0697. The summed E-state index contributed by atoms with van der Waals surface area (Å²) >= 11 is 0. The van der Waals surface area contributed by atoms with Crippen LogP contribution in [-0.2, 0) is 0 Å². The number of aromatic carboxylic acids is 1. The Balaban J connectivity index is 2.75. The number of methoxy groups -OCH3 is 1. The standard InChI is InChI=1S/C15H15NO3/c1-9-6-10(2)14(19-3)12(7-9)11-4-5-16-8-13(11)15(17)18/h4-8H,1-3H3,(H,17,18). The van der Waals surface area contributed by atoms with Gasteiger partial charge in [-0.2, -0.15) is 0 Å². The molecule has 0 amide bonds. The molecule has 0 aliphatic heterocycles. The van der Waals surface area contributed by atoms with Crippen LogP contribution in [0.3, 0.4) is 0 Å². The highest BCUT2D eigenvalue weighted by Crippen LogP contribution is 2.35. The Morgan fingerprint density at radius 3 is 2.63 bits per heavy atom. The Morgan fingerprint density at radius 1 is 1.26 bits per heavy atom. The van der Waals surface area contributed by atoms with Crippen LogP contribution in [0.2, 0.25) is 0 Å². The van der Waals surface area contributed by atoms with Gasteiger partial charge in [0.2, 0.25) is 0 Å². The van der Waals surface area contributed by atoms with Gasteiger partial charge in [0.15, 0.2) is 0 Å². The van der Waals surface area contributed by atoms with Gasteiger partial charge in [0.05, 0.1) is 12.7 Å². The molecule has 4 heteroatoms. The zero-order chi connectivity index (χ0) is 14.0. The molecule has 1 N–H and O–H groups in total. The van der Waals surface area contributed by atoms with E-state index in [9.17, 15) is 9.90 Å². The fraction of sp³-hybridized carbons (Fsp3) is 0.200. The summed E-state index contributed by atoms with van der Waals surface area (Å²) in [5, 5.41) is 9.25. The van der Waals surface area contributed by atoms with E-state index in [1.807, 2.05) is 26.0 Å². The predicted octanol–water partition coefficient (Wildman–Crippen LogP) is 3.07. The van der Waals surface area contributed by atoms with Crippen LogP contribution in [0.4, 0.5) is 0 Å². The van der Waals surface area contributed by atoms with Crippen molar-refractivity contribution >= 4 is 5.97 Å². The number of hydrogen-bond acceptors (Lipinski definition) is 3. The van der Waals surface area contributed by atoms with Gasteiger partial charge < -0.3 is 9.84 Å². The van der Waals surface area contributed by atoms with Crippen molar-refractivity contribution in [3.05, 3.63) is 47.3 Å². The first-order valence-corrected chi connectivity index (χ1v) is 5.87. The third-order valence-electron chi connectivity index (χ3n) is 2.96. The maximum absolute atomic E-state index is 11.3. The highest BCUT2D eigenvalue weighted by atomic mass is 16.5.